The first-order valence-corrected chi connectivity index (χ1v) is 10.7. The van der Waals surface area contributed by atoms with E-state index in [4.69, 9.17) is 10.7 Å². The van der Waals surface area contributed by atoms with E-state index in [9.17, 15) is 9.18 Å². The Morgan fingerprint density at radius 2 is 1.87 bits per heavy atom. The third-order valence-electron chi connectivity index (χ3n) is 5.70. The number of benzene rings is 2. The molecule has 1 saturated heterocycles. The van der Waals surface area contributed by atoms with Crippen LogP contribution in [0.1, 0.15) is 15.2 Å². The van der Waals surface area contributed by atoms with E-state index in [1.54, 1.807) is 17.0 Å². The van der Waals surface area contributed by atoms with Gasteiger partial charge in [0, 0.05) is 37.0 Å². The van der Waals surface area contributed by atoms with Crippen molar-refractivity contribution in [2.75, 3.05) is 36.8 Å². The molecule has 0 spiro atoms. The molecule has 0 unspecified atom stereocenters. The Balaban J connectivity index is 1.41. The van der Waals surface area contributed by atoms with E-state index in [1.165, 1.54) is 17.4 Å². The van der Waals surface area contributed by atoms with Crippen molar-refractivity contribution in [3.8, 4) is 0 Å². The molecule has 0 aliphatic carbocycles. The van der Waals surface area contributed by atoms with E-state index in [1.807, 2.05) is 42.2 Å². The molecule has 0 bridgehead atoms. The molecule has 0 radical (unpaired) electrons. The number of hydrogen-bond donors (Lipinski definition) is 1. The van der Waals surface area contributed by atoms with Crippen LogP contribution in [0.4, 0.5) is 15.8 Å². The highest BCUT2D eigenvalue weighted by Gasteiger charge is 2.27. The van der Waals surface area contributed by atoms with Crippen molar-refractivity contribution >= 4 is 49.7 Å². The largest absolute Gasteiger partial charge is 0.397 e. The van der Waals surface area contributed by atoms with Gasteiger partial charge in [-0.15, -0.1) is 11.3 Å². The number of hydrogen-bond acceptors (Lipinski definition) is 5. The Morgan fingerprint density at radius 3 is 2.63 bits per heavy atom. The lowest BCUT2D eigenvalue weighted by Crippen LogP contribution is -2.49. The Bertz CT molecular complexity index is 1280. The molecule has 0 saturated carbocycles. The molecule has 1 aliphatic rings. The number of carbonyl (C=O) groups is 1. The minimum Gasteiger partial charge on any atom is -0.397 e. The summed E-state index contributed by atoms with van der Waals surface area (Å²) in [5.74, 6) is -0.316. The number of aromatic nitrogens is 1. The van der Waals surface area contributed by atoms with Gasteiger partial charge < -0.3 is 15.5 Å². The Hall–Kier alpha value is -3.19. The van der Waals surface area contributed by atoms with E-state index in [2.05, 4.69) is 0 Å². The predicted octanol–water partition coefficient (Wildman–Crippen LogP) is 4.44. The molecule has 5 nitrogen and oxygen atoms in total. The van der Waals surface area contributed by atoms with Crippen LogP contribution in [-0.4, -0.2) is 42.0 Å². The van der Waals surface area contributed by atoms with Crippen LogP contribution in [0.5, 0.6) is 0 Å². The standard InChI is InChI=1S/C23H21FN4OS/c1-14-5-4-6-15-13-16-19(25)21(30-22(16)26-20(14)15)23(29)28-11-9-27(10-12-28)18-8-3-2-7-17(18)24/h2-8,13H,9-12,25H2,1H3. The van der Waals surface area contributed by atoms with Crippen LogP contribution < -0.4 is 10.6 Å². The summed E-state index contributed by atoms with van der Waals surface area (Å²) in [6, 6.07) is 14.8. The molecule has 5 rings (SSSR count). The number of nitrogens with two attached hydrogens (primary N) is 1. The quantitative estimate of drug-likeness (QED) is 0.521. The van der Waals surface area contributed by atoms with Gasteiger partial charge in [-0.25, -0.2) is 9.37 Å². The molecule has 3 heterocycles. The number of carbonyl (C=O) groups excluding carboxylic acids is 1. The normalized spacial score (nSPS) is 14.6. The molecule has 1 aliphatic heterocycles. The average Bonchev–Trinajstić information content (AvgIpc) is 3.08. The topological polar surface area (TPSA) is 62.5 Å². The molecule has 7 heteroatoms. The molecule has 2 aromatic heterocycles. The van der Waals surface area contributed by atoms with Gasteiger partial charge in [0.25, 0.3) is 5.91 Å². The van der Waals surface area contributed by atoms with E-state index in [-0.39, 0.29) is 11.7 Å². The van der Waals surface area contributed by atoms with Crippen LogP contribution in [0.15, 0.2) is 48.5 Å². The van der Waals surface area contributed by atoms with Crippen molar-refractivity contribution in [1.29, 1.82) is 0 Å². The second kappa shape index (κ2) is 7.25. The van der Waals surface area contributed by atoms with Crippen LogP contribution in [0.2, 0.25) is 0 Å². The first-order valence-electron chi connectivity index (χ1n) is 9.90. The second-order valence-corrected chi connectivity index (χ2v) is 8.56. The van der Waals surface area contributed by atoms with Gasteiger partial charge in [-0.2, -0.15) is 0 Å². The zero-order chi connectivity index (χ0) is 20.8. The molecule has 2 N–H and O–H groups in total. The molecule has 0 atom stereocenters. The van der Waals surface area contributed by atoms with E-state index in [0.29, 0.717) is 42.4 Å². The van der Waals surface area contributed by atoms with Gasteiger partial charge in [0.05, 0.1) is 16.9 Å². The minimum absolute atomic E-state index is 0.0792. The molecule has 1 fully saturated rings. The molecular formula is C23H21FN4OS. The summed E-state index contributed by atoms with van der Waals surface area (Å²) in [4.78, 5) is 23.0. The van der Waals surface area contributed by atoms with Gasteiger partial charge >= 0.3 is 0 Å². The average molecular weight is 421 g/mol. The molecule has 2 aromatic carbocycles. The number of para-hydroxylation sites is 2. The zero-order valence-electron chi connectivity index (χ0n) is 16.6. The molecule has 1 amide bonds. The fraction of sp³-hybridized carbons (Fsp3) is 0.217. The fourth-order valence-electron chi connectivity index (χ4n) is 4.04. The van der Waals surface area contributed by atoms with Crippen molar-refractivity contribution in [2.24, 2.45) is 0 Å². The summed E-state index contributed by atoms with van der Waals surface area (Å²) in [6.07, 6.45) is 0. The Labute approximate surface area is 177 Å². The SMILES string of the molecule is Cc1cccc2cc3c(N)c(C(=O)N4CCN(c5ccccc5F)CC4)sc3nc12. The van der Waals surface area contributed by atoms with Gasteiger partial charge in [-0.1, -0.05) is 30.3 Å². The summed E-state index contributed by atoms with van der Waals surface area (Å²) in [6.45, 7) is 4.24. The highest BCUT2D eigenvalue weighted by Crippen LogP contribution is 2.36. The van der Waals surface area contributed by atoms with E-state index < -0.39 is 0 Å². The van der Waals surface area contributed by atoms with Crippen molar-refractivity contribution in [3.05, 3.63) is 64.8 Å². The monoisotopic (exact) mass is 420 g/mol. The minimum atomic E-state index is -0.237. The summed E-state index contributed by atoms with van der Waals surface area (Å²) in [5.41, 5.74) is 9.48. The first-order chi connectivity index (χ1) is 14.5. The summed E-state index contributed by atoms with van der Waals surface area (Å²) in [5, 5.41) is 1.84. The summed E-state index contributed by atoms with van der Waals surface area (Å²) >= 11 is 1.35. The maximum atomic E-state index is 14.1. The predicted molar refractivity (Wildman–Crippen MR) is 121 cm³/mol. The third kappa shape index (κ3) is 3.06. The first kappa shape index (κ1) is 18.8. The highest BCUT2D eigenvalue weighted by atomic mass is 32.1. The lowest BCUT2D eigenvalue weighted by Gasteiger charge is -2.36. The van der Waals surface area contributed by atoms with Crippen molar-refractivity contribution < 1.29 is 9.18 Å². The number of nitrogen functional groups attached to an aromatic ring is 1. The Morgan fingerprint density at radius 1 is 1.10 bits per heavy atom. The van der Waals surface area contributed by atoms with Crippen molar-refractivity contribution in [3.63, 3.8) is 0 Å². The molecule has 30 heavy (non-hydrogen) atoms. The third-order valence-corrected chi connectivity index (χ3v) is 6.80. The smallest absolute Gasteiger partial charge is 0.266 e. The lowest BCUT2D eigenvalue weighted by molar-refractivity contribution is 0.0752. The molecule has 4 aromatic rings. The number of rotatable bonds is 2. The number of halogens is 1. The van der Waals surface area contributed by atoms with Crippen molar-refractivity contribution in [2.45, 2.75) is 6.92 Å². The van der Waals surface area contributed by atoms with Gasteiger partial charge in [-0.05, 0) is 30.7 Å². The Kier molecular flexibility index (Phi) is 4.55. The number of fused-ring (bicyclic) bond motifs is 2. The number of amides is 1. The number of anilines is 2. The van der Waals surface area contributed by atoms with Gasteiger partial charge in [0.1, 0.15) is 15.5 Å². The number of thiophene rings is 1. The van der Waals surface area contributed by atoms with Gasteiger partial charge in [0.15, 0.2) is 0 Å². The van der Waals surface area contributed by atoms with Crippen molar-refractivity contribution in [1.82, 2.24) is 9.88 Å². The van der Waals surface area contributed by atoms with Crippen LogP contribution >= 0.6 is 11.3 Å². The molecular weight excluding hydrogens is 399 g/mol. The summed E-state index contributed by atoms with van der Waals surface area (Å²) in [7, 11) is 0. The number of piperazine rings is 1. The van der Waals surface area contributed by atoms with E-state index in [0.717, 1.165) is 26.7 Å². The van der Waals surface area contributed by atoms with Crippen LogP contribution in [0.25, 0.3) is 21.1 Å². The van der Waals surface area contributed by atoms with E-state index >= 15 is 0 Å². The zero-order valence-corrected chi connectivity index (χ0v) is 17.4. The highest BCUT2D eigenvalue weighted by molar-refractivity contribution is 7.21. The lowest BCUT2D eigenvalue weighted by atomic mass is 10.1. The number of aryl methyl sites for hydroxylation is 1. The van der Waals surface area contributed by atoms with Crippen LogP contribution in [0.3, 0.4) is 0 Å². The maximum absolute atomic E-state index is 14.1. The second-order valence-electron chi connectivity index (χ2n) is 7.56. The maximum Gasteiger partial charge on any atom is 0.266 e. The molecule has 152 valence electrons. The fourth-order valence-corrected chi connectivity index (χ4v) is 5.08. The van der Waals surface area contributed by atoms with Gasteiger partial charge in [-0.3, -0.25) is 4.79 Å². The van der Waals surface area contributed by atoms with Crippen LogP contribution in [-0.2, 0) is 0 Å². The van der Waals surface area contributed by atoms with Gasteiger partial charge in [0.2, 0.25) is 0 Å². The number of nitrogens with zero attached hydrogens (tertiary/aromatic N) is 3. The van der Waals surface area contributed by atoms with Crippen LogP contribution in [0, 0.1) is 12.7 Å². The summed E-state index contributed by atoms with van der Waals surface area (Å²) < 4.78 is 14.1. The number of pyridine rings is 1.